The fourth-order valence-electron chi connectivity index (χ4n) is 3.56. The fourth-order valence-corrected chi connectivity index (χ4v) is 3.56. The van der Waals surface area contributed by atoms with Crippen LogP contribution in [0.25, 0.3) is 0 Å². The van der Waals surface area contributed by atoms with E-state index in [2.05, 4.69) is 22.5 Å². The number of hydrogen-bond donors (Lipinski definition) is 2. The van der Waals surface area contributed by atoms with Crippen LogP contribution in [0.1, 0.15) is 62.2 Å². The largest absolute Gasteiger partial charge is 0.352 e. The molecule has 1 saturated carbocycles. The molecule has 1 aliphatic heterocycles. The van der Waals surface area contributed by atoms with E-state index in [-0.39, 0.29) is 17.7 Å². The zero-order valence-corrected chi connectivity index (χ0v) is 15.8. The number of benzene rings is 1. The van der Waals surface area contributed by atoms with Crippen LogP contribution in [0.5, 0.6) is 0 Å². The van der Waals surface area contributed by atoms with Gasteiger partial charge in [0.15, 0.2) is 0 Å². The molecule has 1 unspecified atom stereocenters. The fraction of sp³-hybridized carbons (Fsp3) is 0.619. The van der Waals surface area contributed by atoms with Gasteiger partial charge in [0.05, 0.1) is 0 Å². The summed E-state index contributed by atoms with van der Waals surface area (Å²) in [6, 6.07) is 7.89. The van der Waals surface area contributed by atoms with Gasteiger partial charge in [-0.2, -0.15) is 0 Å². The Morgan fingerprint density at radius 3 is 2.77 bits per heavy atom. The van der Waals surface area contributed by atoms with E-state index in [0.29, 0.717) is 23.8 Å². The van der Waals surface area contributed by atoms with Crippen LogP contribution in [0.15, 0.2) is 24.3 Å². The first kappa shape index (κ1) is 18.9. The standard InChI is InChI=1S/C21H31N3O2/c1-16-7-2-4-13-24(16)14-5-3-12-22-20(25)18-8-6-9-19(15-18)23-21(26)17-10-11-17/h6,8-9,15-17H,2-5,7,10-14H2,1H3,(H,22,25)(H,23,26). The minimum Gasteiger partial charge on any atom is -0.352 e. The number of carbonyl (C=O) groups excluding carboxylic acids is 2. The lowest BCUT2D eigenvalue weighted by atomic mass is 10.0. The Labute approximate surface area is 156 Å². The topological polar surface area (TPSA) is 61.4 Å². The van der Waals surface area contributed by atoms with Gasteiger partial charge in [0.2, 0.25) is 5.91 Å². The summed E-state index contributed by atoms with van der Waals surface area (Å²) in [5.41, 5.74) is 1.30. The van der Waals surface area contributed by atoms with Crippen LogP contribution in [0.4, 0.5) is 5.69 Å². The number of amides is 2. The Kier molecular flexibility index (Phi) is 6.67. The van der Waals surface area contributed by atoms with Gasteiger partial charge >= 0.3 is 0 Å². The van der Waals surface area contributed by atoms with Crippen LogP contribution in [0, 0.1) is 5.92 Å². The van der Waals surface area contributed by atoms with Crippen LogP contribution >= 0.6 is 0 Å². The van der Waals surface area contributed by atoms with Crippen LogP contribution in [0.3, 0.4) is 0 Å². The smallest absolute Gasteiger partial charge is 0.251 e. The number of nitrogens with zero attached hydrogens (tertiary/aromatic N) is 1. The van der Waals surface area contributed by atoms with Gasteiger partial charge < -0.3 is 15.5 Å². The SMILES string of the molecule is CC1CCCCN1CCCCNC(=O)c1cccc(NC(=O)C2CC2)c1. The minimum atomic E-state index is -0.0705. The Morgan fingerprint density at radius 1 is 1.15 bits per heavy atom. The molecule has 2 aliphatic rings. The zero-order valence-electron chi connectivity index (χ0n) is 15.8. The molecule has 1 aromatic carbocycles. The van der Waals surface area contributed by atoms with Gasteiger partial charge in [-0.15, -0.1) is 0 Å². The molecule has 0 bridgehead atoms. The van der Waals surface area contributed by atoms with Crippen molar-refractivity contribution in [2.45, 2.75) is 57.9 Å². The van der Waals surface area contributed by atoms with E-state index in [1.54, 1.807) is 12.1 Å². The van der Waals surface area contributed by atoms with Crippen LogP contribution in [0.2, 0.25) is 0 Å². The normalized spacial score (nSPS) is 20.6. The van der Waals surface area contributed by atoms with E-state index in [1.165, 1.54) is 25.8 Å². The summed E-state index contributed by atoms with van der Waals surface area (Å²) in [6.45, 7) is 5.35. The Bertz CT molecular complexity index is 627. The summed E-state index contributed by atoms with van der Waals surface area (Å²) in [7, 11) is 0. The molecule has 142 valence electrons. The van der Waals surface area contributed by atoms with Crippen molar-refractivity contribution in [2.24, 2.45) is 5.92 Å². The summed E-state index contributed by atoms with van der Waals surface area (Å²) in [6.07, 6.45) is 8.03. The number of carbonyl (C=O) groups is 2. The van der Waals surface area contributed by atoms with E-state index < -0.39 is 0 Å². The second-order valence-corrected chi connectivity index (χ2v) is 7.69. The number of likely N-dealkylation sites (tertiary alicyclic amines) is 1. The van der Waals surface area contributed by atoms with Crippen molar-refractivity contribution in [3.63, 3.8) is 0 Å². The lowest BCUT2D eigenvalue weighted by Gasteiger charge is -2.33. The van der Waals surface area contributed by atoms with Crippen molar-refractivity contribution in [1.29, 1.82) is 0 Å². The molecule has 1 atom stereocenters. The lowest BCUT2D eigenvalue weighted by molar-refractivity contribution is -0.117. The first-order valence-corrected chi connectivity index (χ1v) is 10.1. The van der Waals surface area contributed by atoms with E-state index in [0.717, 1.165) is 32.2 Å². The third-order valence-corrected chi connectivity index (χ3v) is 5.44. The van der Waals surface area contributed by atoms with Crippen molar-refractivity contribution in [1.82, 2.24) is 10.2 Å². The number of unbranched alkanes of at least 4 members (excludes halogenated alkanes) is 1. The van der Waals surface area contributed by atoms with Gasteiger partial charge in [0, 0.05) is 29.8 Å². The Hall–Kier alpha value is -1.88. The number of piperidine rings is 1. The Morgan fingerprint density at radius 2 is 2.00 bits per heavy atom. The summed E-state index contributed by atoms with van der Waals surface area (Å²) in [4.78, 5) is 26.7. The molecule has 1 aromatic rings. The molecule has 1 aliphatic carbocycles. The average molecular weight is 357 g/mol. The van der Waals surface area contributed by atoms with E-state index in [1.807, 2.05) is 12.1 Å². The summed E-state index contributed by atoms with van der Waals surface area (Å²) < 4.78 is 0. The van der Waals surface area contributed by atoms with Crippen LogP contribution in [-0.4, -0.2) is 42.4 Å². The second kappa shape index (κ2) is 9.17. The van der Waals surface area contributed by atoms with Crippen molar-refractivity contribution >= 4 is 17.5 Å². The molecule has 0 aromatic heterocycles. The maximum atomic E-state index is 12.3. The molecular formula is C21H31N3O2. The molecule has 1 heterocycles. The van der Waals surface area contributed by atoms with Crippen molar-refractivity contribution in [2.75, 3.05) is 25.0 Å². The highest BCUT2D eigenvalue weighted by Gasteiger charge is 2.29. The Balaban J connectivity index is 1.37. The van der Waals surface area contributed by atoms with Gasteiger partial charge in [-0.3, -0.25) is 9.59 Å². The van der Waals surface area contributed by atoms with Gasteiger partial charge in [-0.1, -0.05) is 12.5 Å². The maximum Gasteiger partial charge on any atom is 0.251 e. The van der Waals surface area contributed by atoms with Crippen LogP contribution < -0.4 is 10.6 Å². The molecule has 0 radical (unpaired) electrons. The number of anilines is 1. The molecule has 1 saturated heterocycles. The van der Waals surface area contributed by atoms with Crippen LogP contribution in [-0.2, 0) is 4.79 Å². The monoisotopic (exact) mass is 357 g/mol. The molecule has 2 fully saturated rings. The van der Waals surface area contributed by atoms with Gasteiger partial charge in [-0.05, 0) is 76.7 Å². The molecule has 0 spiro atoms. The van der Waals surface area contributed by atoms with Crippen molar-refractivity contribution in [3.8, 4) is 0 Å². The van der Waals surface area contributed by atoms with E-state index in [4.69, 9.17) is 0 Å². The molecule has 26 heavy (non-hydrogen) atoms. The molecular weight excluding hydrogens is 326 g/mol. The summed E-state index contributed by atoms with van der Waals surface area (Å²) in [5, 5.41) is 5.88. The molecule has 2 N–H and O–H groups in total. The lowest BCUT2D eigenvalue weighted by Crippen LogP contribution is -2.38. The highest BCUT2D eigenvalue weighted by molar-refractivity contribution is 5.98. The average Bonchev–Trinajstić information content (AvgIpc) is 3.48. The number of nitrogens with one attached hydrogen (secondary N) is 2. The van der Waals surface area contributed by atoms with Gasteiger partial charge in [0.1, 0.15) is 0 Å². The predicted octanol–water partition coefficient (Wildman–Crippen LogP) is 3.42. The third kappa shape index (κ3) is 5.56. The van der Waals surface area contributed by atoms with E-state index >= 15 is 0 Å². The van der Waals surface area contributed by atoms with Crippen molar-refractivity contribution < 1.29 is 9.59 Å². The summed E-state index contributed by atoms with van der Waals surface area (Å²) in [5.74, 6) is 0.156. The second-order valence-electron chi connectivity index (χ2n) is 7.69. The quantitative estimate of drug-likeness (QED) is 0.701. The first-order valence-electron chi connectivity index (χ1n) is 10.1. The van der Waals surface area contributed by atoms with Gasteiger partial charge in [-0.25, -0.2) is 0 Å². The van der Waals surface area contributed by atoms with E-state index in [9.17, 15) is 9.59 Å². The maximum absolute atomic E-state index is 12.3. The highest BCUT2D eigenvalue weighted by Crippen LogP contribution is 2.30. The van der Waals surface area contributed by atoms with Gasteiger partial charge in [0.25, 0.3) is 5.91 Å². The zero-order chi connectivity index (χ0) is 18.4. The predicted molar refractivity (Wildman–Crippen MR) is 104 cm³/mol. The number of rotatable bonds is 8. The molecule has 3 rings (SSSR count). The number of hydrogen-bond acceptors (Lipinski definition) is 3. The molecule has 5 heteroatoms. The van der Waals surface area contributed by atoms with Crippen molar-refractivity contribution in [3.05, 3.63) is 29.8 Å². The highest BCUT2D eigenvalue weighted by atomic mass is 16.2. The molecule has 5 nitrogen and oxygen atoms in total. The third-order valence-electron chi connectivity index (χ3n) is 5.44. The first-order chi connectivity index (χ1) is 12.6. The molecule has 2 amide bonds. The summed E-state index contributed by atoms with van der Waals surface area (Å²) >= 11 is 0. The minimum absolute atomic E-state index is 0.0644.